The Labute approximate surface area is 133 Å². The van der Waals surface area contributed by atoms with E-state index in [1.165, 1.54) is 32.4 Å². The number of nitro benzene ring substituents is 1. The molecule has 0 aromatic heterocycles. The Morgan fingerprint density at radius 3 is 2.26 bits per heavy atom. The molecule has 0 aliphatic heterocycles. The fourth-order valence-electron chi connectivity index (χ4n) is 1.96. The third-order valence-corrected chi connectivity index (χ3v) is 3.20. The molecule has 0 unspecified atom stereocenters. The molecule has 23 heavy (non-hydrogen) atoms. The van der Waals surface area contributed by atoms with Crippen molar-refractivity contribution < 1.29 is 19.2 Å². The molecular weight excluding hydrogens is 298 g/mol. The van der Waals surface area contributed by atoms with Crippen LogP contribution in [0, 0.1) is 10.1 Å². The van der Waals surface area contributed by atoms with Crippen molar-refractivity contribution in [2.24, 2.45) is 0 Å². The van der Waals surface area contributed by atoms with Gasteiger partial charge in [0.05, 0.1) is 19.1 Å². The molecule has 2 rings (SSSR count). The number of carbonyl (C=O) groups is 1. The quantitative estimate of drug-likeness (QED) is 0.353. The van der Waals surface area contributed by atoms with Crippen molar-refractivity contribution in [3.05, 3.63) is 69.8 Å². The molecule has 0 radical (unpaired) electrons. The minimum absolute atomic E-state index is 0.00775. The van der Waals surface area contributed by atoms with E-state index in [0.717, 1.165) is 0 Å². The molecule has 118 valence electrons. The van der Waals surface area contributed by atoms with Gasteiger partial charge in [-0.25, -0.2) is 0 Å². The van der Waals surface area contributed by atoms with E-state index in [4.69, 9.17) is 9.47 Å². The van der Waals surface area contributed by atoms with Crippen LogP contribution in [0.4, 0.5) is 5.69 Å². The Kier molecular flexibility index (Phi) is 5.09. The fourth-order valence-corrected chi connectivity index (χ4v) is 1.96. The van der Waals surface area contributed by atoms with Crippen molar-refractivity contribution in [1.82, 2.24) is 0 Å². The van der Waals surface area contributed by atoms with Gasteiger partial charge in [-0.05, 0) is 42.0 Å². The summed E-state index contributed by atoms with van der Waals surface area (Å²) in [7, 11) is 3.02. The topological polar surface area (TPSA) is 78.7 Å². The average Bonchev–Trinajstić information content (AvgIpc) is 2.59. The number of non-ortho nitro benzene ring substituents is 1. The van der Waals surface area contributed by atoms with Gasteiger partial charge in [-0.15, -0.1) is 0 Å². The van der Waals surface area contributed by atoms with Gasteiger partial charge < -0.3 is 9.47 Å². The van der Waals surface area contributed by atoms with Crippen LogP contribution in [0.5, 0.6) is 11.5 Å². The summed E-state index contributed by atoms with van der Waals surface area (Å²) < 4.78 is 10.3. The zero-order chi connectivity index (χ0) is 16.8. The largest absolute Gasteiger partial charge is 0.493 e. The van der Waals surface area contributed by atoms with E-state index in [1.54, 1.807) is 36.4 Å². The number of methoxy groups -OCH3 is 2. The standard InChI is InChI=1S/C17H15NO5/c1-22-16-10-6-13(11-17(16)23-2)15(19)9-5-12-3-7-14(8-4-12)18(20)21/h3-11H,1-2H3. The van der Waals surface area contributed by atoms with Crippen LogP contribution in [0.3, 0.4) is 0 Å². The lowest BCUT2D eigenvalue weighted by Crippen LogP contribution is -1.97. The van der Waals surface area contributed by atoms with E-state index in [0.29, 0.717) is 22.6 Å². The summed E-state index contributed by atoms with van der Waals surface area (Å²) in [5.41, 5.74) is 1.17. The lowest BCUT2D eigenvalue weighted by Gasteiger charge is -2.07. The van der Waals surface area contributed by atoms with Crippen LogP contribution >= 0.6 is 0 Å². The summed E-state index contributed by atoms with van der Waals surface area (Å²) in [5.74, 6) is 0.815. The van der Waals surface area contributed by atoms with Crippen LogP contribution in [-0.4, -0.2) is 24.9 Å². The average molecular weight is 313 g/mol. The van der Waals surface area contributed by atoms with E-state index in [9.17, 15) is 14.9 Å². The molecule has 0 aliphatic rings. The number of benzene rings is 2. The number of hydrogen-bond donors (Lipinski definition) is 0. The van der Waals surface area contributed by atoms with Crippen molar-refractivity contribution in [3.8, 4) is 11.5 Å². The maximum Gasteiger partial charge on any atom is 0.269 e. The van der Waals surface area contributed by atoms with Gasteiger partial charge >= 0.3 is 0 Å². The predicted molar refractivity (Wildman–Crippen MR) is 86.0 cm³/mol. The molecule has 6 heteroatoms. The van der Waals surface area contributed by atoms with Crippen molar-refractivity contribution in [2.75, 3.05) is 14.2 Å². The minimum Gasteiger partial charge on any atom is -0.493 e. The Bertz CT molecular complexity index is 750. The molecule has 2 aromatic rings. The van der Waals surface area contributed by atoms with E-state index in [1.807, 2.05) is 0 Å². The number of ether oxygens (including phenoxy) is 2. The van der Waals surface area contributed by atoms with Crippen LogP contribution < -0.4 is 9.47 Å². The molecule has 0 N–H and O–H groups in total. The van der Waals surface area contributed by atoms with Crippen LogP contribution in [0.2, 0.25) is 0 Å². The Hall–Kier alpha value is -3.15. The lowest BCUT2D eigenvalue weighted by molar-refractivity contribution is -0.384. The second-order valence-electron chi connectivity index (χ2n) is 4.62. The summed E-state index contributed by atoms with van der Waals surface area (Å²) in [6, 6.07) is 10.8. The Balaban J connectivity index is 2.16. The second-order valence-corrected chi connectivity index (χ2v) is 4.62. The van der Waals surface area contributed by atoms with Crippen molar-refractivity contribution in [3.63, 3.8) is 0 Å². The van der Waals surface area contributed by atoms with Crippen molar-refractivity contribution in [1.29, 1.82) is 0 Å². The Morgan fingerprint density at radius 1 is 1.04 bits per heavy atom. The normalized spacial score (nSPS) is 10.5. The summed E-state index contributed by atoms with van der Waals surface area (Å²) in [6.07, 6.45) is 3.01. The molecule has 2 aromatic carbocycles. The molecule has 0 amide bonds. The number of ketones is 1. The number of carbonyl (C=O) groups excluding carboxylic acids is 1. The van der Waals surface area contributed by atoms with E-state index < -0.39 is 4.92 Å². The molecule has 0 bridgehead atoms. The fraction of sp³-hybridized carbons (Fsp3) is 0.118. The molecule has 0 saturated carbocycles. The zero-order valence-electron chi connectivity index (χ0n) is 12.7. The maximum absolute atomic E-state index is 12.2. The zero-order valence-corrected chi connectivity index (χ0v) is 12.7. The first-order valence-electron chi connectivity index (χ1n) is 6.74. The van der Waals surface area contributed by atoms with E-state index in [-0.39, 0.29) is 11.5 Å². The molecule has 6 nitrogen and oxygen atoms in total. The first-order chi connectivity index (χ1) is 11.0. The first kappa shape index (κ1) is 16.2. The highest BCUT2D eigenvalue weighted by molar-refractivity contribution is 6.07. The molecule has 0 atom stereocenters. The second kappa shape index (κ2) is 7.22. The van der Waals surface area contributed by atoms with Crippen LogP contribution in [0.1, 0.15) is 15.9 Å². The molecular formula is C17H15NO5. The van der Waals surface area contributed by atoms with Gasteiger partial charge in [0.2, 0.25) is 0 Å². The highest BCUT2D eigenvalue weighted by Crippen LogP contribution is 2.27. The number of nitrogens with zero attached hydrogens (tertiary/aromatic N) is 1. The van der Waals surface area contributed by atoms with E-state index in [2.05, 4.69) is 0 Å². The van der Waals surface area contributed by atoms with Gasteiger partial charge in [0.1, 0.15) is 0 Å². The predicted octanol–water partition coefficient (Wildman–Crippen LogP) is 3.51. The smallest absolute Gasteiger partial charge is 0.269 e. The lowest BCUT2D eigenvalue weighted by atomic mass is 10.1. The van der Waals surface area contributed by atoms with Gasteiger partial charge in [0.25, 0.3) is 5.69 Å². The van der Waals surface area contributed by atoms with E-state index >= 15 is 0 Å². The summed E-state index contributed by atoms with van der Waals surface area (Å²) in [6.45, 7) is 0. The monoisotopic (exact) mass is 313 g/mol. The Morgan fingerprint density at radius 2 is 1.70 bits per heavy atom. The van der Waals surface area contributed by atoms with Gasteiger partial charge in [-0.3, -0.25) is 14.9 Å². The van der Waals surface area contributed by atoms with Gasteiger partial charge in [0.15, 0.2) is 17.3 Å². The molecule has 0 heterocycles. The first-order valence-corrected chi connectivity index (χ1v) is 6.74. The summed E-state index contributed by atoms with van der Waals surface area (Å²) in [4.78, 5) is 22.3. The third-order valence-electron chi connectivity index (χ3n) is 3.20. The summed E-state index contributed by atoms with van der Waals surface area (Å²) in [5, 5.41) is 10.6. The van der Waals surface area contributed by atoms with Crippen LogP contribution in [-0.2, 0) is 0 Å². The van der Waals surface area contributed by atoms with Gasteiger partial charge in [0, 0.05) is 17.7 Å². The van der Waals surface area contributed by atoms with Crippen LogP contribution in [0.25, 0.3) is 6.08 Å². The van der Waals surface area contributed by atoms with Gasteiger partial charge in [-0.1, -0.05) is 6.08 Å². The minimum atomic E-state index is -0.470. The number of hydrogen-bond acceptors (Lipinski definition) is 5. The molecule has 0 spiro atoms. The van der Waals surface area contributed by atoms with Crippen molar-refractivity contribution >= 4 is 17.5 Å². The van der Waals surface area contributed by atoms with Gasteiger partial charge in [-0.2, -0.15) is 0 Å². The number of nitro groups is 1. The van der Waals surface area contributed by atoms with Crippen LogP contribution in [0.15, 0.2) is 48.5 Å². The molecule has 0 saturated heterocycles. The maximum atomic E-state index is 12.2. The SMILES string of the molecule is COc1ccc(C(=O)C=Cc2ccc([N+](=O)[O-])cc2)cc1OC. The highest BCUT2D eigenvalue weighted by atomic mass is 16.6. The summed E-state index contributed by atoms with van der Waals surface area (Å²) >= 11 is 0. The molecule has 0 aliphatic carbocycles. The molecule has 0 fully saturated rings. The third kappa shape index (κ3) is 3.94. The number of rotatable bonds is 6. The number of allylic oxidation sites excluding steroid dienone is 1. The highest BCUT2D eigenvalue weighted by Gasteiger charge is 2.08. The van der Waals surface area contributed by atoms with Crippen molar-refractivity contribution in [2.45, 2.75) is 0 Å².